The van der Waals surface area contributed by atoms with Crippen LogP contribution in [-0.2, 0) is 9.53 Å². The number of hydrogen-bond donors (Lipinski definition) is 1. The number of esters is 1. The summed E-state index contributed by atoms with van der Waals surface area (Å²) in [5.41, 5.74) is 1.59. The molecule has 3 nitrogen and oxygen atoms in total. The zero-order valence-electron chi connectivity index (χ0n) is 14.5. The molecule has 4 fully saturated rings. The summed E-state index contributed by atoms with van der Waals surface area (Å²) >= 11 is 0. The van der Waals surface area contributed by atoms with E-state index in [0.717, 1.165) is 38.5 Å². The van der Waals surface area contributed by atoms with Crippen LogP contribution in [-0.4, -0.2) is 23.8 Å². The van der Waals surface area contributed by atoms with E-state index in [2.05, 4.69) is 20.4 Å². The predicted molar refractivity (Wildman–Crippen MR) is 88.6 cm³/mol. The average molecular weight is 318 g/mol. The molecule has 4 aliphatic rings. The van der Waals surface area contributed by atoms with Gasteiger partial charge in [0.1, 0.15) is 6.10 Å². The number of hydrogen-bond acceptors (Lipinski definition) is 3. The van der Waals surface area contributed by atoms with E-state index in [-0.39, 0.29) is 35.4 Å². The number of fused-ring (bicyclic) bond motifs is 3. The van der Waals surface area contributed by atoms with Crippen molar-refractivity contribution in [1.29, 1.82) is 0 Å². The number of aliphatic hydroxyl groups is 1. The maximum absolute atomic E-state index is 12.4. The van der Waals surface area contributed by atoms with E-state index >= 15 is 0 Å². The summed E-state index contributed by atoms with van der Waals surface area (Å²) in [4.78, 5) is 12.4. The van der Waals surface area contributed by atoms with Crippen molar-refractivity contribution in [2.24, 2.45) is 34.5 Å². The van der Waals surface area contributed by atoms with Gasteiger partial charge in [0.15, 0.2) is 0 Å². The fourth-order valence-electron chi connectivity index (χ4n) is 6.73. The second-order valence-corrected chi connectivity index (χ2v) is 9.05. The van der Waals surface area contributed by atoms with Crippen LogP contribution >= 0.6 is 0 Å². The Morgan fingerprint density at radius 1 is 1.22 bits per heavy atom. The van der Waals surface area contributed by atoms with Gasteiger partial charge in [-0.2, -0.15) is 0 Å². The fourth-order valence-corrected chi connectivity index (χ4v) is 6.73. The first kappa shape index (κ1) is 15.7. The molecule has 0 amide bonds. The van der Waals surface area contributed by atoms with E-state index in [1.807, 2.05) is 0 Å². The van der Waals surface area contributed by atoms with Gasteiger partial charge in [0, 0.05) is 6.61 Å². The van der Waals surface area contributed by atoms with Crippen molar-refractivity contribution in [3.05, 3.63) is 12.2 Å². The number of aliphatic hydroxyl groups excluding tert-OH is 1. The van der Waals surface area contributed by atoms with Crippen LogP contribution in [0.25, 0.3) is 0 Å². The van der Waals surface area contributed by atoms with Crippen LogP contribution in [0.5, 0.6) is 0 Å². The Morgan fingerprint density at radius 2 is 2.00 bits per heavy atom. The fraction of sp³-hybridized carbons (Fsp3) is 0.850. The van der Waals surface area contributed by atoms with E-state index in [9.17, 15) is 9.90 Å². The van der Waals surface area contributed by atoms with Gasteiger partial charge in [-0.25, -0.2) is 0 Å². The normalized spacial score (nSPS) is 52.4. The summed E-state index contributed by atoms with van der Waals surface area (Å²) in [6.07, 6.45) is 7.67. The van der Waals surface area contributed by atoms with Crippen LogP contribution < -0.4 is 0 Å². The number of carbonyl (C=O) groups excluding carboxylic acids is 1. The highest BCUT2D eigenvalue weighted by molar-refractivity contribution is 5.76. The smallest absolute Gasteiger partial charge is 0.309 e. The van der Waals surface area contributed by atoms with Gasteiger partial charge < -0.3 is 9.84 Å². The highest BCUT2D eigenvalue weighted by atomic mass is 16.6. The second kappa shape index (κ2) is 5.08. The van der Waals surface area contributed by atoms with Crippen molar-refractivity contribution >= 4 is 5.97 Å². The van der Waals surface area contributed by atoms with Crippen LogP contribution in [0, 0.1) is 34.5 Å². The van der Waals surface area contributed by atoms with E-state index in [0.29, 0.717) is 17.8 Å². The lowest BCUT2D eigenvalue weighted by Gasteiger charge is -2.54. The molecule has 3 heteroatoms. The van der Waals surface area contributed by atoms with E-state index in [1.165, 1.54) is 12.0 Å². The largest absolute Gasteiger partial charge is 0.462 e. The van der Waals surface area contributed by atoms with Crippen molar-refractivity contribution in [3.8, 4) is 0 Å². The maximum atomic E-state index is 12.4. The van der Waals surface area contributed by atoms with E-state index in [1.54, 1.807) is 0 Å². The molecule has 2 bridgehead atoms. The zero-order chi connectivity index (χ0) is 16.4. The molecular weight excluding hydrogens is 288 g/mol. The number of rotatable bonds is 2. The van der Waals surface area contributed by atoms with Crippen LogP contribution in [0.3, 0.4) is 0 Å². The Hall–Kier alpha value is -0.830. The Kier molecular flexibility index (Phi) is 3.46. The molecular formula is C20H30O3. The lowest BCUT2D eigenvalue weighted by molar-refractivity contribution is -0.148. The van der Waals surface area contributed by atoms with Crippen LogP contribution in [0.2, 0.25) is 0 Å². The van der Waals surface area contributed by atoms with Crippen LogP contribution in [0.4, 0.5) is 0 Å². The van der Waals surface area contributed by atoms with Gasteiger partial charge in [0.05, 0.1) is 5.92 Å². The lowest BCUT2D eigenvalue weighted by Crippen LogP contribution is -2.50. The SMILES string of the molecule is C=C1CC[C@H]2[C@H](CO)[C@@H]([C@@]3(C)CC[C@H]4C[C@@H]3C(=O)O4)CC[C@]12C. The molecule has 1 heterocycles. The maximum Gasteiger partial charge on any atom is 0.309 e. The quantitative estimate of drug-likeness (QED) is 0.623. The van der Waals surface area contributed by atoms with Gasteiger partial charge in [-0.3, -0.25) is 4.79 Å². The van der Waals surface area contributed by atoms with E-state index in [4.69, 9.17) is 4.74 Å². The molecule has 0 unspecified atom stereocenters. The molecule has 3 aliphatic carbocycles. The van der Waals surface area contributed by atoms with Crippen molar-refractivity contribution < 1.29 is 14.6 Å². The second-order valence-electron chi connectivity index (χ2n) is 9.05. The minimum absolute atomic E-state index is 0.00271. The first-order valence-electron chi connectivity index (χ1n) is 9.40. The number of ether oxygens (including phenoxy) is 1. The molecule has 7 atom stereocenters. The van der Waals surface area contributed by atoms with Gasteiger partial charge in [-0.15, -0.1) is 0 Å². The van der Waals surface area contributed by atoms with Gasteiger partial charge >= 0.3 is 5.97 Å². The number of carbonyl (C=O) groups is 1. The van der Waals surface area contributed by atoms with Gasteiger partial charge in [-0.1, -0.05) is 26.0 Å². The number of allylic oxidation sites excluding steroid dienone is 1. The van der Waals surface area contributed by atoms with Crippen molar-refractivity contribution in [1.82, 2.24) is 0 Å². The molecule has 0 aromatic rings. The molecule has 3 saturated carbocycles. The first-order valence-corrected chi connectivity index (χ1v) is 9.40. The van der Waals surface area contributed by atoms with E-state index < -0.39 is 0 Å². The highest BCUT2D eigenvalue weighted by Gasteiger charge is 2.60. The van der Waals surface area contributed by atoms with Gasteiger partial charge in [0.2, 0.25) is 0 Å². The third-order valence-corrected chi connectivity index (χ3v) is 8.32. The molecule has 4 rings (SSSR count). The molecule has 0 aromatic carbocycles. The predicted octanol–water partition coefficient (Wildman–Crippen LogP) is 3.71. The third kappa shape index (κ3) is 2.01. The molecule has 1 saturated heterocycles. The summed E-state index contributed by atoms with van der Waals surface area (Å²) in [6, 6.07) is 0. The van der Waals surface area contributed by atoms with Crippen LogP contribution in [0.15, 0.2) is 12.2 Å². The van der Waals surface area contributed by atoms with Crippen molar-refractivity contribution in [2.45, 2.75) is 64.9 Å². The Bertz CT molecular complexity index is 541. The topological polar surface area (TPSA) is 46.5 Å². The minimum atomic E-state index is 0.00271. The van der Waals surface area contributed by atoms with Crippen molar-refractivity contribution in [2.75, 3.05) is 6.61 Å². The minimum Gasteiger partial charge on any atom is -0.462 e. The molecule has 0 spiro atoms. The summed E-state index contributed by atoms with van der Waals surface area (Å²) in [5.74, 6) is 1.35. The zero-order valence-corrected chi connectivity index (χ0v) is 14.5. The molecule has 0 aromatic heterocycles. The lowest BCUT2D eigenvalue weighted by atomic mass is 9.50. The van der Waals surface area contributed by atoms with Gasteiger partial charge in [-0.05, 0) is 73.5 Å². The Labute approximate surface area is 139 Å². The summed E-state index contributed by atoms with van der Waals surface area (Å²) in [6.45, 7) is 9.24. The van der Waals surface area contributed by atoms with Crippen LogP contribution in [0.1, 0.15) is 58.8 Å². The molecule has 128 valence electrons. The van der Waals surface area contributed by atoms with Gasteiger partial charge in [0.25, 0.3) is 0 Å². The summed E-state index contributed by atoms with van der Waals surface area (Å²) in [5, 5.41) is 10.2. The summed E-state index contributed by atoms with van der Waals surface area (Å²) < 4.78 is 5.55. The Balaban J connectivity index is 1.66. The summed E-state index contributed by atoms with van der Waals surface area (Å²) in [7, 11) is 0. The molecule has 23 heavy (non-hydrogen) atoms. The first-order chi connectivity index (χ1) is 10.9. The average Bonchev–Trinajstić information content (AvgIpc) is 3.01. The third-order valence-electron chi connectivity index (χ3n) is 8.32. The molecule has 1 aliphatic heterocycles. The van der Waals surface area contributed by atoms with Crippen molar-refractivity contribution in [3.63, 3.8) is 0 Å². The standard InChI is InChI=1S/C20H30O3/c1-12-4-5-15-14(11-21)16(7-9-19(12,15)2)20(3)8-6-13-10-17(20)18(22)23-13/h13-17,21H,1,4-11H2,2-3H3/t13-,14-,15-,16-,17+,19+,20+/m0/s1. The Morgan fingerprint density at radius 3 is 2.74 bits per heavy atom. The monoisotopic (exact) mass is 318 g/mol. The highest BCUT2D eigenvalue weighted by Crippen LogP contribution is 2.64. The molecule has 1 N–H and O–H groups in total. The molecule has 0 radical (unpaired) electrons.